The molecule has 112 valence electrons. The molecule has 0 unspecified atom stereocenters. The summed E-state index contributed by atoms with van der Waals surface area (Å²) in [6, 6.07) is 7.43. The molecule has 1 saturated heterocycles. The van der Waals surface area contributed by atoms with Crippen molar-refractivity contribution < 1.29 is 8.42 Å². The topological polar surface area (TPSA) is 72.0 Å². The smallest absolute Gasteiger partial charge is 0.206 e. The first-order chi connectivity index (χ1) is 10.1. The second-order valence-electron chi connectivity index (χ2n) is 4.90. The summed E-state index contributed by atoms with van der Waals surface area (Å²) < 4.78 is 23.5. The van der Waals surface area contributed by atoms with Crippen molar-refractivity contribution in [2.75, 3.05) is 17.6 Å². The zero-order valence-corrected chi connectivity index (χ0v) is 13.5. The number of nitrogens with zero attached hydrogens (tertiary/aromatic N) is 2. The first-order valence-electron chi connectivity index (χ1n) is 6.60. The summed E-state index contributed by atoms with van der Waals surface area (Å²) in [4.78, 5) is 0. The highest BCUT2D eigenvalue weighted by atomic mass is 35.5. The van der Waals surface area contributed by atoms with E-state index in [-0.39, 0.29) is 5.25 Å². The van der Waals surface area contributed by atoms with E-state index < -0.39 is 9.84 Å². The van der Waals surface area contributed by atoms with Gasteiger partial charge in [0.05, 0.1) is 16.0 Å². The summed E-state index contributed by atoms with van der Waals surface area (Å²) in [5, 5.41) is 12.9. The van der Waals surface area contributed by atoms with Gasteiger partial charge in [-0.25, -0.2) is 8.42 Å². The Morgan fingerprint density at radius 1 is 1.33 bits per heavy atom. The molecule has 8 heteroatoms. The van der Waals surface area contributed by atoms with Crippen LogP contribution in [0, 0.1) is 0 Å². The molecule has 1 aromatic carbocycles. The van der Waals surface area contributed by atoms with Gasteiger partial charge in [-0.15, -0.1) is 10.2 Å². The van der Waals surface area contributed by atoms with E-state index >= 15 is 0 Å². The lowest BCUT2D eigenvalue weighted by molar-refractivity contribution is 0.591. The van der Waals surface area contributed by atoms with E-state index in [1.54, 1.807) is 6.07 Å². The van der Waals surface area contributed by atoms with Crippen molar-refractivity contribution in [2.45, 2.75) is 18.1 Å². The van der Waals surface area contributed by atoms with E-state index in [0.29, 0.717) is 28.9 Å². The predicted octanol–water partition coefficient (Wildman–Crippen LogP) is 2.85. The van der Waals surface area contributed by atoms with Crippen molar-refractivity contribution in [3.8, 4) is 10.6 Å². The molecule has 0 spiro atoms. The quantitative estimate of drug-likeness (QED) is 0.924. The monoisotopic (exact) mass is 343 g/mol. The van der Waals surface area contributed by atoms with Crippen molar-refractivity contribution >= 4 is 37.9 Å². The minimum Gasteiger partial charge on any atom is -0.359 e. The number of aromatic nitrogens is 2. The Morgan fingerprint density at radius 2 is 2.14 bits per heavy atom. The summed E-state index contributed by atoms with van der Waals surface area (Å²) in [6.45, 7) is 0.388. The number of hydrogen-bond donors (Lipinski definition) is 1. The standard InChI is InChI=1S/C13H14ClN3O2S2/c14-11-6-2-1-5-10(11)12-16-17-13(20-12)15-8-9-4-3-7-21(9,18)19/h1-2,5-6,9H,3-4,7-8H2,(H,15,17)/t9-/m1/s1. The lowest BCUT2D eigenvalue weighted by atomic mass is 10.2. The maximum absolute atomic E-state index is 11.8. The maximum atomic E-state index is 11.8. The van der Waals surface area contributed by atoms with E-state index in [2.05, 4.69) is 15.5 Å². The third kappa shape index (κ3) is 3.20. The largest absolute Gasteiger partial charge is 0.359 e. The van der Waals surface area contributed by atoms with Gasteiger partial charge in [0.2, 0.25) is 5.13 Å². The predicted molar refractivity (Wildman–Crippen MR) is 85.7 cm³/mol. The van der Waals surface area contributed by atoms with Crippen LogP contribution < -0.4 is 5.32 Å². The van der Waals surface area contributed by atoms with Crippen LogP contribution in [-0.2, 0) is 9.84 Å². The fraction of sp³-hybridized carbons (Fsp3) is 0.385. The van der Waals surface area contributed by atoms with Crippen molar-refractivity contribution in [3.63, 3.8) is 0 Å². The van der Waals surface area contributed by atoms with Crippen molar-refractivity contribution in [1.29, 1.82) is 0 Å². The molecule has 1 N–H and O–H groups in total. The molecule has 0 aliphatic carbocycles. The van der Waals surface area contributed by atoms with Crippen LogP contribution in [-0.4, -0.2) is 36.2 Å². The van der Waals surface area contributed by atoms with Crippen LogP contribution in [0.5, 0.6) is 0 Å². The van der Waals surface area contributed by atoms with Gasteiger partial charge in [0.1, 0.15) is 0 Å². The van der Waals surface area contributed by atoms with Gasteiger partial charge in [0, 0.05) is 12.1 Å². The number of nitrogens with one attached hydrogen (secondary N) is 1. The molecule has 3 rings (SSSR count). The van der Waals surface area contributed by atoms with Crippen molar-refractivity contribution in [2.24, 2.45) is 0 Å². The highest BCUT2D eigenvalue weighted by molar-refractivity contribution is 7.92. The Labute approximate surface area is 132 Å². The number of anilines is 1. The summed E-state index contributed by atoms with van der Waals surface area (Å²) in [5.74, 6) is 0.292. The molecule has 21 heavy (non-hydrogen) atoms. The molecule has 1 fully saturated rings. The van der Waals surface area contributed by atoms with E-state index in [4.69, 9.17) is 11.6 Å². The van der Waals surface area contributed by atoms with Gasteiger partial charge in [-0.2, -0.15) is 0 Å². The van der Waals surface area contributed by atoms with Gasteiger partial charge < -0.3 is 5.32 Å². The fourth-order valence-electron chi connectivity index (χ4n) is 2.33. The Hall–Kier alpha value is -1.18. The van der Waals surface area contributed by atoms with Crippen LogP contribution >= 0.6 is 22.9 Å². The van der Waals surface area contributed by atoms with Crippen LogP contribution in [0.1, 0.15) is 12.8 Å². The van der Waals surface area contributed by atoms with Crippen LogP contribution in [0.25, 0.3) is 10.6 Å². The average Bonchev–Trinajstić information content (AvgIpc) is 3.03. The van der Waals surface area contributed by atoms with Crippen LogP contribution in [0.3, 0.4) is 0 Å². The molecule has 0 bridgehead atoms. The van der Waals surface area contributed by atoms with Gasteiger partial charge >= 0.3 is 0 Å². The molecular formula is C13H14ClN3O2S2. The Bertz CT molecular complexity index is 745. The molecule has 5 nitrogen and oxygen atoms in total. The van der Waals surface area contributed by atoms with E-state index in [0.717, 1.165) is 17.0 Å². The van der Waals surface area contributed by atoms with E-state index in [1.165, 1.54) is 11.3 Å². The number of sulfone groups is 1. The number of halogens is 1. The fourth-order valence-corrected chi connectivity index (χ4v) is 5.16. The highest BCUT2D eigenvalue weighted by Crippen LogP contribution is 2.31. The molecular weight excluding hydrogens is 330 g/mol. The third-order valence-corrected chi connectivity index (χ3v) is 6.99. The summed E-state index contributed by atoms with van der Waals surface area (Å²) in [6.07, 6.45) is 1.46. The van der Waals surface area contributed by atoms with Gasteiger partial charge in [-0.05, 0) is 18.9 Å². The van der Waals surface area contributed by atoms with Crippen LogP contribution in [0.2, 0.25) is 5.02 Å². The lowest BCUT2D eigenvalue weighted by Crippen LogP contribution is -2.24. The Morgan fingerprint density at radius 3 is 2.86 bits per heavy atom. The highest BCUT2D eigenvalue weighted by Gasteiger charge is 2.31. The number of rotatable bonds is 4. The van der Waals surface area contributed by atoms with E-state index in [1.807, 2.05) is 18.2 Å². The van der Waals surface area contributed by atoms with Gasteiger partial charge in [0.25, 0.3) is 0 Å². The van der Waals surface area contributed by atoms with Gasteiger partial charge in [-0.1, -0.05) is 41.1 Å². The first-order valence-corrected chi connectivity index (χ1v) is 9.51. The number of hydrogen-bond acceptors (Lipinski definition) is 6. The molecule has 1 aliphatic rings. The lowest BCUT2D eigenvalue weighted by Gasteiger charge is -2.08. The van der Waals surface area contributed by atoms with Crippen molar-refractivity contribution in [1.82, 2.24) is 10.2 Å². The molecule has 0 saturated carbocycles. The summed E-state index contributed by atoms with van der Waals surface area (Å²) >= 11 is 7.50. The average molecular weight is 344 g/mol. The summed E-state index contributed by atoms with van der Waals surface area (Å²) in [7, 11) is -2.94. The SMILES string of the molecule is O=S1(=O)CCC[C@@H]1CNc1nnc(-c2ccccc2Cl)s1. The molecule has 2 heterocycles. The first kappa shape index (κ1) is 14.7. The summed E-state index contributed by atoms with van der Waals surface area (Å²) in [5.41, 5.74) is 0.832. The second kappa shape index (κ2) is 5.90. The minimum atomic E-state index is -2.94. The molecule has 1 aromatic heterocycles. The van der Waals surface area contributed by atoms with Crippen LogP contribution in [0.4, 0.5) is 5.13 Å². The third-order valence-electron chi connectivity index (χ3n) is 3.47. The Kier molecular flexibility index (Phi) is 4.14. The molecule has 1 aliphatic heterocycles. The zero-order valence-electron chi connectivity index (χ0n) is 11.1. The zero-order chi connectivity index (χ0) is 14.9. The minimum absolute atomic E-state index is 0.292. The van der Waals surface area contributed by atoms with E-state index in [9.17, 15) is 8.42 Å². The second-order valence-corrected chi connectivity index (χ2v) is 8.69. The molecule has 0 amide bonds. The maximum Gasteiger partial charge on any atom is 0.206 e. The molecule has 2 aromatic rings. The van der Waals surface area contributed by atoms with Gasteiger partial charge in [-0.3, -0.25) is 0 Å². The number of benzene rings is 1. The van der Waals surface area contributed by atoms with Gasteiger partial charge in [0.15, 0.2) is 14.8 Å². The van der Waals surface area contributed by atoms with Crippen molar-refractivity contribution in [3.05, 3.63) is 29.3 Å². The normalized spacial score (nSPS) is 20.5. The van der Waals surface area contributed by atoms with Crippen LogP contribution in [0.15, 0.2) is 24.3 Å². The molecule has 1 atom stereocenters. The Balaban J connectivity index is 1.70. The molecule has 0 radical (unpaired) electrons.